The predicted octanol–water partition coefficient (Wildman–Crippen LogP) is 3.63. The highest BCUT2D eigenvalue weighted by atomic mass is 35.5. The van der Waals surface area contributed by atoms with Crippen molar-refractivity contribution in [3.05, 3.63) is 72.7 Å². The fraction of sp³-hybridized carbons (Fsp3) is 0. The molecular weight excluding hydrogens is 381 g/mol. The van der Waals surface area contributed by atoms with Crippen LogP contribution in [0.25, 0.3) is 0 Å². The predicted molar refractivity (Wildman–Crippen MR) is 89.5 cm³/mol. The van der Waals surface area contributed by atoms with E-state index in [-0.39, 0.29) is 21.2 Å². The van der Waals surface area contributed by atoms with Crippen molar-refractivity contribution in [2.45, 2.75) is 0 Å². The molecule has 2 aromatic rings. The van der Waals surface area contributed by atoms with Crippen LogP contribution in [0.1, 0.15) is 20.7 Å². The van der Waals surface area contributed by atoms with Gasteiger partial charge in [0.25, 0.3) is 17.5 Å². The lowest BCUT2D eigenvalue weighted by atomic mass is 10.2. The number of carbonyl (C=O) groups excluding carboxylic acids is 2. The van der Waals surface area contributed by atoms with Crippen molar-refractivity contribution in [2.24, 2.45) is 0 Å². The maximum Gasteiger partial charge on any atom is 0.288 e. The highest BCUT2D eigenvalue weighted by Crippen LogP contribution is 2.25. The Hall–Kier alpha value is -2.35. The van der Waals surface area contributed by atoms with Crippen LogP contribution < -0.4 is 10.9 Å². The number of carbonyl (C=O) groups is 2. The molecule has 10 heteroatoms. The second kappa shape index (κ2) is 7.48. The van der Waals surface area contributed by atoms with Gasteiger partial charge in [0.05, 0.1) is 15.5 Å². The maximum atomic E-state index is 12.0. The summed E-state index contributed by atoms with van der Waals surface area (Å²) in [5.41, 5.74) is 3.91. The molecule has 0 atom stereocenters. The first kappa shape index (κ1) is 18.0. The standard InChI is InChI=1S/C14H8Cl3N3O4/c15-8-2-3-9(11(17)6-8)14(22)19-18-13(21)7-1-4-10(16)12(5-7)20(23)24/h1-6H,(H,18,21)(H,19,22). The van der Waals surface area contributed by atoms with Gasteiger partial charge in [-0.2, -0.15) is 0 Å². The number of hydrazine groups is 1. The molecular formula is C14H8Cl3N3O4. The minimum Gasteiger partial charge on any atom is -0.267 e. The van der Waals surface area contributed by atoms with Gasteiger partial charge in [-0.1, -0.05) is 34.8 Å². The quantitative estimate of drug-likeness (QED) is 0.619. The zero-order chi connectivity index (χ0) is 17.9. The van der Waals surface area contributed by atoms with Crippen LogP contribution >= 0.6 is 34.8 Å². The van der Waals surface area contributed by atoms with Gasteiger partial charge < -0.3 is 0 Å². The third kappa shape index (κ3) is 4.14. The molecule has 0 unspecified atom stereocenters. The summed E-state index contributed by atoms with van der Waals surface area (Å²) in [6.07, 6.45) is 0. The van der Waals surface area contributed by atoms with E-state index in [1.165, 1.54) is 30.3 Å². The number of rotatable bonds is 3. The Kier molecular flexibility index (Phi) is 5.61. The SMILES string of the molecule is O=C(NNC(=O)c1ccc(Cl)cc1Cl)c1ccc(Cl)c([N+](=O)[O-])c1. The summed E-state index contributed by atoms with van der Waals surface area (Å²) in [5, 5.41) is 11.2. The smallest absolute Gasteiger partial charge is 0.267 e. The van der Waals surface area contributed by atoms with E-state index in [0.29, 0.717) is 5.02 Å². The van der Waals surface area contributed by atoms with Gasteiger partial charge in [-0.25, -0.2) is 0 Å². The van der Waals surface area contributed by atoms with Gasteiger partial charge >= 0.3 is 0 Å². The van der Waals surface area contributed by atoms with Gasteiger partial charge in [0.2, 0.25) is 0 Å². The topological polar surface area (TPSA) is 101 Å². The van der Waals surface area contributed by atoms with Crippen LogP contribution in [0.2, 0.25) is 15.1 Å². The Labute approximate surface area is 150 Å². The number of nitrogens with zero attached hydrogens (tertiary/aromatic N) is 1. The fourth-order valence-corrected chi connectivity index (χ4v) is 2.40. The number of halogens is 3. The van der Waals surface area contributed by atoms with Crippen molar-refractivity contribution >= 4 is 52.3 Å². The average molecular weight is 389 g/mol. The molecule has 7 nitrogen and oxygen atoms in total. The monoisotopic (exact) mass is 387 g/mol. The van der Waals surface area contributed by atoms with Gasteiger partial charge in [-0.15, -0.1) is 0 Å². The number of nitro groups is 1. The molecule has 0 spiro atoms. The third-order valence-corrected chi connectivity index (χ3v) is 3.74. The molecule has 0 bridgehead atoms. The molecule has 2 rings (SSSR count). The largest absolute Gasteiger partial charge is 0.288 e. The van der Waals surface area contributed by atoms with E-state index in [2.05, 4.69) is 10.9 Å². The van der Waals surface area contributed by atoms with E-state index in [9.17, 15) is 19.7 Å². The Morgan fingerprint density at radius 2 is 1.58 bits per heavy atom. The van der Waals surface area contributed by atoms with Crippen LogP contribution in [0.3, 0.4) is 0 Å². The molecule has 0 aliphatic carbocycles. The first-order chi connectivity index (χ1) is 11.3. The Bertz CT molecular complexity index is 842. The number of benzene rings is 2. The average Bonchev–Trinajstić information content (AvgIpc) is 2.52. The molecule has 124 valence electrons. The summed E-state index contributed by atoms with van der Waals surface area (Å²) in [7, 11) is 0. The van der Waals surface area contributed by atoms with Crippen molar-refractivity contribution < 1.29 is 14.5 Å². The van der Waals surface area contributed by atoms with Gasteiger partial charge in [0.15, 0.2) is 0 Å². The Balaban J connectivity index is 2.09. The van der Waals surface area contributed by atoms with Gasteiger partial charge in [-0.05, 0) is 30.3 Å². The Morgan fingerprint density at radius 3 is 2.21 bits per heavy atom. The molecule has 0 heterocycles. The molecule has 0 aliphatic heterocycles. The highest BCUT2D eigenvalue weighted by molar-refractivity contribution is 6.36. The van der Waals surface area contributed by atoms with Gasteiger partial charge in [-0.3, -0.25) is 30.6 Å². The summed E-state index contributed by atoms with van der Waals surface area (Å²) < 4.78 is 0. The number of nitro benzene ring substituents is 1. The summed E-state index contributed by atoms with van der Waals surface area (Å²) in [6.45, 7) is 0. The second-order valence-electron chi connectivity index (χ2n) is 4.46. The normalized spacial score (nSPS) is 10.1. The van der Waals surface area contributed by atoms with Crippen LogP contribution in [0, 0.1) is 10.1 Å². The summed E-state index contributed by atoms with van der Waals surface area (Å²) in [4.78, 5) is 34.0. The minimum atomic E-state index is -0.756. The Morgan fingerprint density at radius 1 is 0.917 bits per heavy atom. The van der Waals surface area contributed by atoms with E-state index >= 15 is 0 Å². The molecule has 0 saturated carbocycles. The van der Waals surface area contributed by atoms with Gasteiger partial charge in [0.1, 0.15) is 5.02 Å². The molecule has 2 N–H and O–H groups in total. The van der Waals surface area contributed by atoms with E-state index in [0.717, 1.165) is 6.07 Å². The molecule has 0 saturated heterocycles. The number of amides is 2. The van der Waals surface area contributed by atoms with E-state index in [1.54, 1.807) is 0 Å². The number of hydrogen-bond donors (Lipinski definition) is 2. The van der Waals surface area contributed by atoms with Crippen molar-refractivity contribution in [3.8, 4) is 0 Å². The molecule has 0 aliphatic rings. The second-order valence-corrected chi connectivity index (χ2v) is 5.71. The third-order valence-electron chi connectivity index (χ3n) is 2.87. The molecule has 0 radical (unpaired) electrons. The highest BCUT2D eigenvalue weighted by Gasteiger charge is 2.17. The fourth-order valence-electron chi connectivity index (χ4n) is 1.72. The summed E-state index contributed by atoms with van der Waals surface area (Å²) in [6, 6.07) is 7.73. The maximum absolute atomic E-state index is 12.0. The minimum absolute atomic E-state index is 0.0476. The molecule has 0 aromatic heterocycles. The van der Waals surface area contributed by atoms with E-state index < -0.39 is 22.4 Å². The number of hydrogen-bond acceptors (Lipinski definition) is 4. The lowest BCUT2D eigenvalue weighted by Crippen LogP contribution is -2.41. The summed E-state index contributed by atoms with van der Waals surface area (Å²) in [5.74, 6) is -1.43. The van der Waals surface area contributed by atoms with Crippen molar-refractivity contribution in [1.82, 2.24) is 10.9 Å². The van der Waals surface area contributed by atoms with Crippen molar-refractivity contribution in [3.63, 3.8) is 0 Å². The number of nitrogens with one attached hydrogen (secondary N) is 2. The molecule has 0 fully saturated rings. The zero-order valence-corrected chi connectivity index (χ0v) is 13.9. The van der Waals surface area contributed by atoms with Gasteiger partial charge in [0, 0.05) is 16.7 Å². The lowest BCUT2D eigenvalue weighted by molar-refractivity contribution is -0.384. The van der Waals surface area contributed by atoms with Crippen LogP contribution in [-0.4, -0.2) is 16.7 Å². The first-order valence-corrected chi connectivity index (χ1v) is 7.42. The van der Waals surface area contributed by atoms with Crippen LogP contribution in [0.5, 0.6) is 0 Å². The first-order valence-electron chi connectivity index (χ1n) is 6.29. The van der Waals surface area contributed by atoms with Crippen molar-refractivity contribution in [1.29, 1.82) is 0 Å². The van der Waals surface area contributed by atoms with E-state index in [1.807, 2.05) is 0 Å². The molecule has 2 amide bonds. The summed E-state index contributed by atoms with van der Waals surface area (Å²) >= 11 is 17.3. The van der Waals surface area contributed by atoms with Crippen molar-refractivity contribution in [2.75, 3.05) is 0 Å². The van der Waals surface area contributed by atoms with Crippen LogP contribution in [0.4, 0.5) is 5.69 Å². The van der Waals surface area contributed by atoms with Crippen LogP contribution in [0.15, 0.2) is 36.4 Å². The zero-order valence-electron chi connectivity index (χ0n) is 11.7. The molecule has 24 heavy (non-hydrogen) atoms. The van der Waals surface area contributed by atoms with E-state index in [4.69, 9.17) is 34.8 Å². The lowest BCUT2D eigenvalue weighted by Gasteiger charge is -2.09. The van der Waals surface area contributed by atoms with Crippen LogP contribution in [-0.2, 0) is 0 Å². The molecule has 2 aromatic carbocycles.